The Labute approximate surface area is 76.3 Å². The Bertz CT molecular complexity index is 306. The van der Waals surface area contributed by atoms with Gasteiger partial charge in [0.05, 0.1) is 12.3 Å². The summed E-state index contributed by atoms with van der Waals surface area (Å²) in [6.07, 6.45) is -3.56. The molecule has 0 bridgehead atoms. The van der Waals surface area contributed by atoms with Gasteiger partial charge >= 0.3 is 6.18 Å². The molecule has 2 nitrogen and oxygen atoms in total. The number of halogens is 4. The average molecular weight is 244 g/mol. The van der Waals surface area contributed by atoms with Crippen molar-refractivity contribution in [3.63, 3.8) is 0 Å². The summed E-state index contributed by atoms with van der Waals surface area (Å²) in [6.45, 7) is 0. The Morgan fingerprint density at radius 2 is 1.92 bits per heavy atom. The van der Waals surface area contributed by atoms with Crippen molar-refractivity contribution in [1.82, 2.24) is 0 Å². The van der Waals surface area contributed by atoms with Crippen LogP contribution in [0.5, 0.6) is 0 Å². The molecule has 12 heavy (non-hydrogen) atoms. The summed E-state index contributed by atoms with van der Waals surface area (Å²) in [5, 5.41) is 5.13. The molecule has 0 fully saturated rings. The largest absolute Gasteiger partial charge is 1.00 e. The van der Waals surface area contributed by atoms with E-state index in [1.54, 1.807) is 0 Å². The minimum atomic E-state index is -4.46. The smallest absolute Gasteiger partial charge is 0.449 e. The van der Waals surface area contributed by atoms with E-state index in [9.17, 15) is 13.2 Å². The Kier molecular flexibility index (Phi) is 3.51. The Morgan fingerprint density at radius 1 is 1.33 bits per heavy atom. The summed E-state index contributed by atoms with van der Waals surface area (Å²) in [5.74, 6) is -1.09. The van der Waals surface area contributed by atoms with Gasteiger partial charge in [-0.05, 0) is 0 Å². The summed E-state index contributed by atoms with van der Waals surface area (Å²) in [4.78, 5) is 0. The van der Waals surface area contributed by atoms with Crippen LogP contribution in [0.25, 0.3) is 0 Å². The average Bonchev–Trinajstić information content (AvgIpc) is 1.86. The first kappa shape index (κ1) is 11.2. The van der Waals surface area contributed by atoms with E-state index in [4.69, 9.17) is 5.41 Å². The molecule has 0 radical (unpaired) electrons. The molecule has 6 heteroatoms. The molecule has 0 atom stereocenters. The van der Waals surface area contributed by atoms with Crippen LogP contribution in [0.4, 0.5) is 13.2 Å². The van der Waals surface area contributed by atoms with Gasteiger partial charge in [0.1, 0.15) is 0 Å². The van der Waals surface area contributed by atoms with E-state index in [-0.39, 0.29) is 22.3 Å². The molecule has 2 N–H and O–H groups in total. The van der Waals surface area contributed by atoms with E-state index in [1.165, 1.54) is 6.07 Å². The van der Waals surface area contributed by atoms with Crippen LogP contribution in [0.15, 0.2) is 22.8 Å². The third-order valence-electron chi connectivity index (χ3n) is 1.03. The van der Waals surface area contributed by atoms with Crippen LogP contribution in [0.1, 0.15) is 5.76 Å². The molecule has 0 aliphatic carbocycles. The predicted molar refractivity (Wildman–Crippen MR) is 28.8 cm³/mol. The van der Waals surface area contributed by atoms with Crippen LogP contribution < -0.4 is 27.7 Å². The van der Waals surface area contributed by atoms with Crippen LogP contribution in [-0.2, 0) is 6.18 Å². The second-order valence-corrected chi connectivity index (χ2v) is 1.93. The van der Waals surface area contributed by atoms with E-state index in [1.807, 2.05) is 0 Å². The lowest BCUT2D eigenvalue weighted by atomic mass is 10.4. The van der Waals surface area contributed by atoms with Gasteiger partial charge in [-0.25, -0.2) is 0 Å². The fourth-order valence-electron chi connectivity index (χ4n) is 0.568. The maximum atomic E-state index is 11.8. The quantitative estimate of drug-likeness (QED) is 0.518. The van der Waals surface area contributed by atoms with Gasteiger partial charge in [0.15, 0.2) is 0 Å². The lowest BCUT2D eigenvalue weighted by molar-refractivity contribution is -0.177. The van der Waals surface area contributed by atoms with Crippen LogP contribution in [0.2, 0.25) is 0 Å². The van der Waals surface area contributed by atoms with Crippen molar-refractivity contribution in [2.24, 2.45) is 0 Å². The van der Waals surface area contributed by atoms with E-state index < -0.39 is 11.9 Å². The van der Waals surface area contributed by atoms with Gasteiger partial charge in [-0.15, -0.1) is 0 Å². The molecule has 0 amide bonds. The monoisotopic (exact) mass is 243 g/mol. The van der Waals surface area contributed by atoms with Crippen molar-refractivity contribution in [2.45, 2.75) is 6.18 Å². The molecule has 0 unspecified atom stereocenters. The van der Waals surface area contributed by atoms with E-state index in [0.29, 0.717) is 0 Å². The second-order valence-electron chi connectivity index (χ2n) is 1.93. The number of rotatable bonds is 0. The van der Waals surface area contributed by atoms with E-state index >= 15 is 0 Å². The third-order valence-corrected chi connectivity index (χ3v) is 1.03. The highest BCUT2D eigenvalue weighted by atomic mass is 79.9. The standard InChI is InChI=1S/C6H4F3NO.BrH/c7-6(8,9)5-3-4(10)1-2-11-5;/h1-3,10H;1H. The summed E-state index contributed by atoms with van der Waals surface area (Å²) in [7, 11) is 0. The number of alkyl halides is 3. The zero-order valence-corrected chi connectivity index (χ0v) is 7.32. The fraction of sp³-hybridized carbons (Fsp3) is 0.167. The maximum absolute atomic E-state index is 11.8. The molecule has 1 heterocycles. The minimum absolute atomic E-state index is 0. The Balaban J connectivity index is 0.00000121. The number of hydrogen-bond acceptors (Lipinski definition) is 1. The summed E-state index contributed by atoms with van der Waals surface area (Å²) < 4.78 is 39.6. The van der Waals surface area contributed by atoms with Crippen molar-refractivity contribution in [1.29, 1.82) is 0 Å². The highest BCUT2D eigenvalue weighted by Gasteiger charge is 2.34. The topological polar surface area (TPSA) is 38.7 Å². The van der Waals surface area contributed by atoms with Gasteiger partial charge in [0, 0.05) is 6.07 Å². The molecule has 0 saturated heterocycles. The van der Waals surface area contributed by atoms with Crippen LogP contribution in [-0.4, -0.2) is 0 Å². The first-order valence-electron chi connectivity index (χ1n) is 2.74. The zero-order valence-electron chi connectivity index (χ0n) is 5.73. The third kappa shape index (κ3) is 2.69. The lowest BCUT2D eigenvalue weighted by Crippen LogP contribution is -3.00. The molecule has 1 aromatic rings. The summed E-state index contributed by atoms with van der Waals surface area (Å²) in [5.41, 5.74) is 0. The highest BCUT2D eigenvalue weighted by molar-refractivity contribution is 5.00. The highest BCUT2D eigenvalue weighted by Crippen LogP contribution is 2.27. The Hall–Kier alpha value is -0.780. The molecule has 0 spiro atoms. The molecule has 0 aliphatic heterocycles. The molecule has 0 aliphatic rings. The number of nitrogens with two attached hydrogens (primary N) is 1. The molecular weight excluding hydrogens is 239 g/mol. The van der Waals surface area contributed by atoms with Gasteiger partial charge in [0.2, 0.25) is 11.1 Å². The van der Waals surface area contributed by atoms with E-state index in [2.05, 4.69) is 4.42 Å². The van der Waals surface area contributed by atoms with Crippen LogP contribution in [0, 0.1) is 0 Å². The molecule has 0 aromatic carbocycles. The van der Waals surface area contributed by atoms with Gasteiger partial charge in [-0.2, -0.15) is 13.2 Å². The first-order chi connectivity index (χ1) is 5.00. The number of hydrogen-bond donors (Lipinski definition) is 1. The van der Waals surface area contributed by atoms with Crippen molar-refractivity contribution in [3.8, 4) is 0 Å². The van der Waals surface area contributed by atoms with Gasteiger partial charge in [-0.1, -0.05) is 0 Å². The Morgan fingerprint density at radius 3 is 2.25 bits per heavy atom. The normalized spacial score (nSPS) is 10.6. The van der Waals surface area contributed by atoms with Gasteiger partial charge < -0.3 is 21.4 Å². The SMILES string of the molecule is [Br-].[NH2+]=c1ccoc(C(F)(F)F)c1. The predicted octanol–water partition coefficient (Wildman–Crippen LogP) is -3.04. The van der Waals surface area contributed by atoms with Crippen molar-refractivity contribution in [2.75, 3.05) is 0 Å². The molecule has 68 valence electrons. The summed E-state index contributed by atoms with van der Waals surface area (Å²) >= 11 is 0. The summed E-state index contributed by atoms with van der Waals surface area (Å²) in [6, 6.07) is 1.98. The molecule has 1 rings (SSSR count). The lowest BCUT2D eigenvalue weighted by Gasteiger charge is -2.01. The van der Waals surface area contributed by atoms with Crippen molar-refractivity contribution in [3.05, 3.63) is 29.5 Å². The van der Waals surface area contributed by atoms with Crippen molar-refractivity contribution < 1.29 is 40.0 Å². The molecular formula is C6H5BrF3NO. The van der Waals surface area contributed by atoms with Gasteiger partial charge in [-0.3, -0.25) is 5.41 Å². The van der Waals surface area contributed by atoms with Crippen LogP contribution in [0.3, 0.4) is 0 Å². The molecule has 1 aromatic heterocycles. The maximum Gasteiger partial charge on any atom is 0.449 e. The second kappa shape index (κ2) is 3.75. The minimum Gasteiger partial charge on any atom is -1.00 e. The van der Waals surface area contributed by atoms with Crippen molar-refractivity contribution >= 4 is 0 Å². The van der Waals surface area contributed by atoms with Gasteiger partial charge in [0.25, 0.3) is 0 Å². The fourth-order valence-corrected chi connectivity index (χ4v) is 0.568. The van der Waals surface area contributed by atoms with E-state index in [0.717, 1.165) is 12.3 Å². The van der Waals surface area contributed by atoms with Crippen LogP contribution >= 0.6 is 0 Å². The zero-order chi connectivity index (χ0) is 8.48. The molecule has 0 saturated carbocycles. The first-order valence-corrected chi connectivity index (χ1v) is 2.74.